The number of nitrogens with one attached hydrogen (secondary N) is 2. The summed E-state index contributed by atoms with van der Waals surface area (Å²) in [6, 6.07) is 5.66. The van der Waals surface area contributed by atoms with Crippen molar-refractivity contribution < 1.29 is 17.7 Å². The van der Waals surface area contributed by atoms with Crippen molar-refractivity contribution in [2.75, 3.05) is 11.9 Å². The third kappa shape index (κ3) is 3.13. The molecular weight excluding hydrogens is 318 g/mol. The van der Waals surface area contributed by atoms with Gasteiger partial charge in [0.15, 0.2) is 5.76 Å². The number of hydrogen-bond donors (Lipinski definition) is 2. The van der Waals surface area contributed by atoms with Crippen molar-refractivity contribution in [3.05, 3.63) is 40.8 Å². The molecule has 0 spiro atoms. The number of anilines is 1. The molecule has 0 unspecified atom stereocenters. The Balaban J connectivity index is 1.66. The summed E-state index contributed by atoms with van der Waals surface area (Å²) < 4.78 is 32.0. The van der Waals surface area contributed by atoms with Gasteiger partial charge in [0.1, 0.15) is 10.6 Å². The third-order valence-electron chi connectivity index (χ3n) is 3.74. The molecule has 8 heteroatoms. The molecule has 2 aromatic rings. The summed E-state index contributed by atoms with van der Waals surface area (Å²) in [5.41, 5.74) is 3.09. The largest absolute Gasteiger partial charge is 0.360 e. The molecule has 1 aliphatic rings. The van der Waals surface area contributed by atoms with Crippen molar-refractivity contribution in [1.82, 2.24) is 9.88 Å². The fraction of sp³-hybridized carbons (Fsp3) is 0.333. The van der Waals surface area contributed by atoms with E-state index >= 15 is 0 Å². The third-order valence-corrected chi connectivity index (χ3v) is 5.44. The number of fused-ring (bicyclic) bond motifs is 1. The Hall–Kier alpha value is -2.19. The first-order chi connectivity index (χ1) is 10.9. The Bertz CT molecular complexity index is 851. The molecule has 0 saturated carbocycles. The maximum Gasteiger partial charge on any atom is 0.245 e. The topological polar surface area (TPSA) is 101 Å². The predicted octanol–water partition coefficient (Wildman–Crippen LogP) is 1.31. The highest BCUT2D eigenvalue weighted by Gasteiger charge is 2.23. The molecule has 1 aromatic heterocycles. The molecular formula is C15H17N3O4S. The average Bonchev–Trinajstić information content (AvgIpc) is 3.00. The van der Waals surface area contributed by atoms with E-state index in [2.05, 4.69) is 15.2 Å². The predicted molar refractivity (Wildman–Crippen MR) is 83.6 cm³/mol. The standard InChI is InChI=1S/C15H17N3O4S/c1-9-15(10(2)22-18-9)23(20,21)16-6-5-11-3-4-13-12(7-11)8-14(19)17-13/h3-4,7,16H,5-6,8H2,1-2H3,(H,17,19). The summed E-state index contributed by atoms with van der Waals surface area (Å²) in [7, 11) is -3.64. The van der Waals surface area contributed by atoms with Gasteiger partial charge in [-0.3, -0.25) is 4.79 Å². The number of nitrogens with zero attached hydrogens (tertiary/aromatic N) is 1. The number of sulfonamides is 1. The second-order valence-corrected chi connectivity index (χ2v) is 7.22. The van der Waals surface area contributed by atoms with Gasteiger partial charge in [-0.2, -0.15) is 0 Å². The first-order valence-corrected chi connectivity index (χ1v) is 8.69. The average molecular weight is 335 g/mol. The molecule has 2 N–H and O–H groups in total. The van der Waals surface area contributed by atoms with E-state index < -0.39 is 10.0 Å². The Morgan fingerprint density at radius 1 is 1.35 bits per heavy atom. The minimum absolute atomic E-state index is 0.0174. The van der Waals surface area contributed by atoms with Gasteiger partial charge in [-0.05, 0) is 37.5 Å². The van der Waals surface area contributed by atoms with Crippen LogP contribution in [0.2, 0.25) is 0 Å². The van der Waals surface area contributed by atoms with E-state index in [1.54, 1.807) is 13.8 Å². The highest BCUT2D eigenvalue weighted by molar-refractivity contribution is 7.89. The lowest BCUT2D eigenvalue weighted by atomic mass is 10.1. The number of aromatic nitrogens is 1. The molecule has 0 saturated heterocycles. The van der Waals surface area contributed by atoms with Crippen molar-refractivity contribution in [2.45, 2.75) is 31.6 Å². The zero-order chi connectivity index (χ0) is 16.6. The summed E-state index contributed by atoms with van der Waals surface area (Å²) in [6.45, 7) is 3.42. The Morgan fingerprint density at radius 2 is 2.13 bits per heavy atom. The maximum atomic E-state index is 12.3. The molecule has 7 nitrogen and oxygen atoms in total. The van der Waals surface area contributed by atoms with Crippen molar-refractivity contribution in [1.29, 1.82) is 0 Å². The maximum absolute atomic E-state index is 12.3. The Kier molecular flexibility index (Phi) is 3.95. The molecule has 0 atom stereocenters. The van der Waals surface area contributed by atoms with E-state index in [1.165, 1.54) is 0 Å². The highest BCUT2D eigenvalue weighted by atomic mass is 32.2. The van der Waals surface area contributed by atoms with Crippen LogP contribution in [0.15, 0.2) is 27.6 Å². The van der Waals surface area contributed by atoms with Crippen LogP contribution in [0.4, 0.5) is 5.69 Å². The zero-order valence-corrected chi connectivity index (χ0v) is 13.7. The van der Waals surface area contributed by atoms with Gasteiger partial charge in [0.2, 0.25) is 15.9 Å². The molecule has 0 radical (unpaired) electrons. The normalized spacial score (nSPS) is 13.9. The molecule has 1 amide bonds. The summed E-state index contributed by atoms with van der Waals surface area (Å²) in [5, 5.41) is 6.43. The van der Waals surface area contributed by atoms with Crippen molar-refractivity contribution >= 4 is 21.6 Å². The number of hydrogen-bond acceptors (Lipinski definition) is 5. The SMILES string of the molecule is Cc1noc(C)c1S(=O)(=O)NCCc1ccc2c(c1)CC(=O)N2. The first-order valence-electron chi connectivity index (χ1n) is 7.21. The smallest absolute Gasteiger partial charge is 0.245 e. The second kappa shape index (κ2) is 5.78. The minimum Gasteiger partial charge on any atom is -0.360 e. The van der Waals surface area contributed by atoms with Crippen molar-refractivity contribution in [3.63, 3.8) is 0 Å². The van der Waals surface area contributed by atoms with Crippen LogP contribution in [-0.2, 0) is 27.7 Å². The monoisotopic (exact) mass is 335 g/mol. The fourth-order valence-corrected chi connectivity index (χ4v) is 4.06. The second-order valence-electron chi connectivity index (χ2n) is 5.52. The van der Waals surface area contributed by atoms with E-state index in [0.29, 0.717) is 18.5 Å². The van der Waals surface area contributed by atoms with E-state index in [-0.39, 0.29) is 23.1 Å². The van der Waals surface area contributed by atoms with Crippen LogP contribution in [0.5, 0.6) is 0 Å². The van der Waals surface area contributed by atoms with Gasteiger partial charge in [-0.1, -0.05) is 17.3 Å². The highest BCUT2D eigenvalue weighted by Crippen LogP contribution is 2.24. The number of aryl methyl sites for hydroxylation is 2. The van der Waals surface area contributed by atoms with Crippen LogP contribution in [0.25, 0.3) is 0 Å². The molecule has 0 bridgehead atoms. The molecule has 1 aromatic carbocycles. The number of carbonyl (C=O) groups is 1. The molecule has 122 valence electrons. The molecule has 1 aliphatic heterocycles. The van der Waals surface area contributed by atoms with Crippen LogP contribution in [0, 0.1) is 13.8 Å². The van der Waals surface area contributed by atoms with Crippen LogP contribution < -0.4 is 10.0 Å². The minimum atomic E-state index is -3.64. The first kappa shape index (κ1) is 15.7. The van der Waals surface area contributed by atoms with Gasteiger partial charge < -0.3 is 9.84 Å². The lowest BCUT2D eigenvalue weighted by Crippen LogP contribution is -2.26. The number of rotatable bonds is 5. The van der Waals surface area contributed by atoms with Gasteiger partial charge in [0, 0.05) is 12.2 Å². The summed E-state index contributed by atoms with van der Waals surface area (Å²) >= 11 is 0. The molecule has 3 rings (SSSR count). The fourth-order valence-electron chi connectivity index (χ4n) is 2.70. The van der Waals surface area contributed by atoms with Crippen molar-refractivity contribution in [3.8, 4) is 0 Å². The van der Waals surface area contributed by atoms with Crippen LogP contribution >= 0.6 is 0 Å². The summed E-state index contributed by atoms with van der Waals surface area (Å²) in [4.78, 5) is 11.4. The molecule has 23 heavy (non-hydrogen) atoms. The number of benzene rings is 1. The summed E-state index contributed by atoms with van der Waals surface area (Å²) in [6.07, 6.45) is 0.901. The lowest BCUT2D eigenvalue weighted by molar-refractivity contribution is -0.115. The van der Waals surface area contributed by atoms with Gasteiger partial charge >= 0.3 is 0 Å². The molecule has 0 fully saturated rings. The number of amides is 1. The quantitative estimate of drug-likeness (QED) is 0.858. The Labute approximate surface area is 134 Å². The zero-order valence-electron chi connectivity index (χ0n) is 12.8. The van der Waals surface area contributed by atoms with E-state index in [0.717, 1.165) is 16.8 Å². The lowest BCUT2D eigenvalue weighted by Gasteiger charge is -2.07. The van der Waals surface area contributed by atoms with Crippen LogP contribution in [0.3, 0.4) is 0 Å². The van der Waals surface area contributed by atoms with E-state index in [1.807, 2.05) is 18.2 Å². The Morgan fingerprint density at radius 3 is 2.83 bits per heavy atom. The van der Waals surface area contributed by atoms with Gasteiger partial charge in [-0.25, -0.2) is 13.1 Å². The summed E-state index contributed by atoms with van der Waals surface area (Å²) in [5.74, 6) is 0.258. The molecule has 2 heterocycles. The molecule has 0 aliphatic carbocycles. The number of carbonyl (C=O) groups excluding carboxylic acids is 1. The van der Waals surface area contributed by atoms with Gasteiger partial charge in [-0.15, -0.1) is 0 Å². The van der Waals surface area contributed by atoms with Crippen LogP contribution in [0.1, 0.15) is 22.6 Å². The van der Waals surface area contributed by atoms with E-state index in [9.17, 15) is 13.2 Å². The van der Waals surface area contributed by atoms with Gasteiger partial charge in [0.25, 0.3) is 0 Å². The van der Waals surface area contributed by atoms with Crippen molar-refractivity contribution in [2.24, 2.45) is 0 Å². The van der Waals surface area contributed by atoms with Crippen LogP contribution in [-0.4, -0.2) is 26.0 Å². The van der Waals surface area contributed by atoms with E-state index in [4.69, 9.17) is 4.52 Å². The van der Waals surface area contributed by atoms with Gasteiger partial charge in [0.05, 0.1) is 6.42 Å².